The molecule has 0 atom stereocenters. The Morgan fingerprint density at radius 1 is 1.03 bits per heavy atom. The number of urea groups is 1. The predicted molar refractivity (Wildman–Crippen MR) is 110 cm³/mol. The SMILES string of the molecule is CONC(=O)c1ncnc(Oc2cccc(NC(=O)Nc3ccc(Cl)c(C(F)(F)F)c3)c2)n1. The third-order valence-corrected chi connectivity index (χ3v) is 4.11. The summed E-state index contributed by atoms with van der Waals surface area (Å²) in [4.78, 5) is 39.7. The van der Waals surface area contributed by atoms with E-state index in [1.807, 2.05) is 5.48 Å². The van der Waals surface area contributed by atoms with Crippen molar-refractivity contribution in [2.75, 3.05) is 17.7 Å². The molecule has 0 aliphatic rings. The van der Waals surface area contributed by atoms with Crippen molar-refractivity contribution in [2.45, 2.75) is 6.18 Å². The molecule has 1 heterocycles. The average molecular weight is 483 g/mol. The Hall–Kier alpha value is -3.97. The molecule has 3 aromatic rings. The fourth-order valence-corrected chi connectivity index (χ4v) is 2.66. The van der Waals surface area contributed by atoms with Gasteiger partial charge in [-0.05, 0) is 30.3 Å². The molecule has 3 N–H and O–H groups in total. The lowest BCUT2D eigenvalue weighted by Gasteiger charge is -2.12. The second kappa shape index (κ2) is 10.1. The Balaban J connectivity index is 1.68. The molecule has 0 bridgehead atoms. The van der Waals surface area contributed by atoms with Gasteiger partial charge in [0.25, 0.3) is 0 Å². The van der Waals surface area contributed by atoms with E-state index in [-0.39, 0.29) is 29.0 Å². The molecular formula is C19H14ClF3N6O4. The number of ether oxygens (including phenoxy) is 1. The van der Waals surface area contributed by atoms with Gasteiger partial charge in [-0.3, -0.25) is 9.63 Å². The van der Waals surface area contributed by atoms with E-state index in [1.165, 1.54) is 37.4 Å². The number of rotatable bonds is 6. The van der Waals surface area contributed by atoms with Gasteiger partial charge in [0.2, 0.25) is 5.82 Å². The molecule has 3 amide bonds. The molecule has 14 heteroatoms. The molecule has 3 rings (SSSR count). The molecule has 0 aliphatic heterocycles. The van der Waals surface area contributed by atoms with E-state index in [9.17, 15) is 22.8 Å². The van der Waals surface area contributed by atoms with Crippen molar-refractivity contribution in [3.63, 3.8) is 0 Å². The normalized spacial score (nSPS) is 10.9. The zero-order chi connectivity index (χ0) is 24.0. The number of nitrogens with zero attached hydrogens (tertiary/aromatic N) is 3. The van der Waals surface area contributed by atoms with Crippen molar-refractivity contribution >= 4 is 34.9 Å². The van der Waals surface area contributed by atoms with Crippen LogP contribution in [-0.2, 0) is 11.0 Å². The average Bonchev–Trinajstić information content (AvgIpc) is 2.75. The van der Waals surface area contributed by atoms with E-state index < -0.39 is 28.7 Å². The fraction of sp³-hybridized carbons (Fsp3) is 0.105. The van der Waals surface area contributed by atoms with Gasteiger partial charge in [-0.2, -0.15) is 23.1 Å². The summed E-state index contributed by atoms with van der Waals surface area (Å²) in [5, 5.41) is 4.26. The van der Waals surface area contributed by atoms with E-state index >= 15 is 0 Å². The number of amides is 3. The molecule has 0 radical (unpaired) electrons. The molecular weight excluding hydrogens is 469 g/mol. The van der Waals surface area contributed by atoms with Crippen molar-refractivity contribution in [2.24, 2.45) is 0 Å². The predicted octanol–water partition coefficient (Wildman–Crippen LogP) is 4.27. The van der Waals surface area contributed by atoms with Crippen LogP contribution in [0.15, 0.2) is 48.8 Å². The van der Waals surface area contributed by atoms with Gasteiger partial charge in [0, 0.05) is 17.4 Å². The van der Waals surface area contributed by atoms with Gasteiger partial charge in [0.05, 0.1) is 17.7 Å². The largest absolute Gasteiger partial charge is 0.424 e. The number of alkyl halides is 3. The van der Waals surface area contributed by atoms with Crippen LogP contribution in [-0.4, -0.2) is 34.0 Å². The van der Waals surface area contributed by atoms with Crippen LogP contribution in [0.1, 0.15) is 16.2 Å². The van der Waals surface area contributed by atoms with E-state index in [0.29, 0.717) is 0 Å². The molecule has 1 aromatic heterocycles. The molecule has 2 aromatic carbocycles. The van der Waals surface area contributed by atoms with Gasteiger partial charge in [-0.25, -0.2) is 15.3 Å². The molecule has 10 nitrogen and oxygen atoms in total. The van der Waals surface area contributed by atoms with E-state index in [0.717, 1.165) is 18.5 Å². The summed E-state index contributed by atoms with van der Waals surface area (Å²) >= 11 is 5.57. The quantitative estimate of drug-likeness (QED) is 0.448. The van der Waals surface area contributed by atoms with Crippen LogP contribution in [0.4, 0.5) is 29.3 Å². The fourth-order valence-electron chi connectivity index (χ4n) is 2.43. The summed E-state index contributed by atoms with van der Waals surface area (Å²) in [7, 11) is 1.24. The lowest BCUT2D eigenvalue weighted by Crippen LogP contribution is -2.24. The summed E-state index contributed by atoms with van der Waals surface area (Å²) in [5.74, 6) is -0.771. The first kappa shape index (κ1) is 23.7. The number of nitrogens with one attached hydrogen (secondary N) is 3. The summed E-state index contributed by atoms with van der Waals surface area (Å²) in [5.41, 5.74) is 1.11. The number of aromatic nitrogens is 3. The van der Waals surface area contributed by atoms with Crippen LogP contribution in [0.25, 0.3) is 0 Å². The van der Waals surface area contributed by atoms with Gasteiger partial charge in [0.1, 0.15) is 12.1 Å². The highest BCUT2D eigenvalue weighted by atomic mass is 35.5. The number of hydrogen-bond acceptors (Lipinski definition) is 7. The van der Waals surface area contributed by atoms with Crippen molar-refractivity contribution in [3.8, 4) is 11.8 Å². The van der Waals surface area contributed by atoms with Crippen molar-refractivity contribution in [1.82, 2.24) is 20.4 Å². The second-order valence-electron chi connectivity index (χ2n) is 6.13. The Bertz CT molecular complexity index is 1180. The van der Waals surface area contributed by atoms with Gasteiger partial charge in [-0.1, -0.05) is 17.7 Å². The number of hydroxylamine groups is 1. The molecule has 33 heavy (non-hydrogen) atoms. The lowest BCUT2D eigenvalue weighted by molar-refractivity contribution is -0.137. The Morgan fingerprint density at radius 2 is 1.76 bits per heavy atom. The Labute approximate surface area is 189 Å². The zero-order valence-electron chi connectivity index (χ0n) is 16.6. The van der Waals surface area contributed by atoms with Crippen LogP contribution in [0, 0.1) is 0 Å². The number of anilines is 2. The van der Waals surface area contributed by atoms with Crippen molar-refractivity contribution in [1.29, 1.82) is 0 Å². The van der Waals surface area contributed by atoms with Gasteiger partial charge < -0.3 is 15.4 Å². The summed E-state index contributed by atoms with van der Waals surface area (Å²) in [6.45, 7) is 0. The zero-order valence-corrected chi connectivity index (χ0v) is 17.4. The highest BCUT2D eigenvalue weighted by Crippen LogP contribution is 2.36. The Kier molecular flexibility index (Phi) is 7.25. The lowest BCUT2D eigenvalue weighted by atomic mass is 10.2. The van der Waals surface area contributed by atoms with Crippen LogP contribution in [0.5, 0.6) is 11.8 Å². The maximum Gasteiger partial charge on any atom is 0.417 e. The number of hydrogen-bond donors (Lipinski definition) is 3. The van der Waals surface area contributed by atoms with Crippen LogP contribution >= 0.6 is 11.6 Å². The maximum atomic E-state index is 13.0. The Morgan fingerprint density at radius 3 is 2.45 bits per heavy atom. The van der Waals surface area contributed by atoms with Crippen molar-refractivity contribution < 1.29 is 32.3 Å². The minimum Gasteiger partial charge on any atom is -0.424 e. The summed E-state index contributed by atoms with van der Waals surface area (Å²) in [6, 6.07) is 7.96. The van der Waals surface area contributed by atoms with Crippen LogP contribution < -0.4 is 20.9 Å². The summed E-state index contributed by atoms with van der Waals surface area (Å²) < 4.78 is 44.4. The first-order chi connectivity index (χ1) is 15.7. The maximum absolute atomic E-state index is 13.0. The number of carbonyl (C=O) groups excluding carboxylic acids is 2. The molecule has 0 saturated carbocycles. The third-order valence-electron chi connectivity index (χ3n) is 3.78. The van der Waals surface area contributed by atoms with Gasteiger partial charge >= 0.3 is 24.1 Å². The second-order valence-corrected chi connectivity index (χ2v) is 6.54. The van der Waals surface area contributed by atoms with Crippen LogP contribution in [0.2, 0.25) is 5.02 Å². The van der Waals surface area contributed by atoms with Gasteiger partial charge in [-0.15, -0.1) is 0 Å². The van der Waals surface area contributed by atoms with E-state index in [2.05, 4.69) is 30.4 Å². The standard InChI is InChI=1S/C19H14ClF3N6O4/c1-32-29-16(30)15-24-9-25-18(28-15)33-12-4-2-3-10(7-12)26-17(31)27-11-5-6-14(20)13(8-11)19(21,22)23/h2-9H,1H3,(H,29,30)(H2,26,27,31). The summed E-state index contributed by atoms with van der Waals surface area (Å²) in [6.07, 6.45) is -3.61. The first-order valence-corrected chi connectivity index (χ1v) is 9.28. The van der Waals surface area contributed by atoms with Crippen molar-refractivity contribution in [3.05, 3.63) is 65.2 Å². The molecule has 0 fully saturated rings. The van der Waals surface area contributed by atoms with E-state index in [4.69, 9.17) is 16.3 Å². The van der Waals surface area contributed by atoms with Gasteiger partial charge in [0.15, 0.2) is 0 Å². The highest BCUT2D eigenvalue weighted by Gasteiger charge is 2.33. The molecule has 0 saturated heterocycles. The van der Waals surface area contributed by atoms with Crippen LogP contribution in [0.3, 0.4) is 0 Å². The molecule has 0 spiro atoms. The number of benzene rings is 2. The first-order valence-electron chi connectivity index (χ1n) is 8.91. The molecule has 172 valence electrons. The number of halogens is 4. The molecule has 0 unspecified atom stereocenters. The smallest absolute Gasteiger partial charge is 0.417 e. The minimum atomic E-state index is -4.67. The highest BCUT2D eigenvalue weighted by molar-refractivity contribution is 6.31. The molecule has 0 aliphatic carbocycles. The number of carbonyl (C=O) groups is 2. The monoisotopic (exact) mass is 482 g/mol. The van der Waals surface area contributed by atoms with E-state index in [1.54, 1.807) is 0 Å². The third kappa shape index (κ3) is 6.51. The minimum absolute atomic E-state index is 0.108. The topological polar surface area (TPSA) is 127 Å².